The van der Waals surface area contributed by atoms with E-state index in [2.05, 4.69) is 10.6 Å². The molecule has 0 atom stereocenters. The minimum Gasteiger partial charge on any atom is -0.376 e. The standard InChI is InChI=1S/C21H21N3O3S/c1-24(19-12-6-3-7-13-19)28(26,27)20-14-8-11-18(15-20)22-16-21(25)23-17-9-4-2-5-10-17/h2-15,22H,16H2,1H3,(H,23,25). The van der Waals surface area contributed by atoms with Crippen molar-refractivity contribution in [1.82, 2.24) is 0 Å². The Hall–Kier alpha value is -3.32. The first-order valence-corrected chi connectivity index (χ1v) is 10.1. The minimum atomic E-state index is -3.71. The van der Waals surface area contributed by atoms with Crippen LogP contribution in [0.3, 0.4) is 0 Å². The number of anilines is 3. The molecule has 6 nitrogen and oxygen atoms in total. The minimum absolute atomic E-state index is 0.0208. The highest BCUT2D eigenvalue weighted by molar-refractivity contribution is 7.92. The SMILES string of the molecule is CN(c1ccccc1)S(=O)(=O)c1cccc(NCC(=O)Nc2ccccc2)c1. The third-order valence-corrected chi connectivity index (χ3v) is 5.90. The van der Waals surface area contributed by atoms with E-state index in [0.717, 1.165) is 0 Å². The van der Waals surface area contributed by atoms with E-state index in [1.54, 1.807) is 48.5 Å². The summed E-state index contributed by atoms with van der Waals surface area (Å²) in [6, 6.07) is 24.4. The highest BCUT2D eigenvalue weighted by atomic mass is 32.2. The Labute approximate surface area is 164 Å². The molecule has 0 fully saturated rings. The maximum absolute atomic E-state index is 12.9. The third kappa shape index (κ3) is 4.69. The summed E-state index contributed by atoms with van der Waals surface area (Å²) in [4.78, 5) is 12.2. The van der Waals surface area contributed by atoms with Gasteiger partial charge in [0.25, 0.3) is 10.0 Å². The molecule has 0 aliphatic heterocycles. The molecule has 0 aliphatic rings. The lowest BCUT2D eigenvalue weighted by Crippen LogP contribution is -2.26. The van der Waals surface area contributed by atoms with Crippen molar-refractivity contribution >= 4 is 33.0 Å². The zero-order valence-electron chi connectivity index (χ0n) is 15.4. The second-order valence-electron chi connectivity index (χ2n) is 6.10. The van der Waals surface area contributed by atoms with Gasteiger partial charge in [0.05, 0.1) is 17.1 Å². The Morgan fingerprint density at radius 3 is 2.14 bits per heavy atom. The lowest BCUT2D eigenvalue weighted by Gasteiger charge is -2.20. The first kappa shape index (κ1) is 19.4. The fourth-order valence-electron chi connectivity index (χ4n) is 2.61. The van der Waals surface area contributed by atoms with Crippen LogP contribution in [0.1, 0.15) is 0 Å². The molecule has 0 spiro atoms. The summed E-state index contributed by atoms with van der Waals surface area (Å²) in [7, 11) is -2.20. The summed E-state index contributed by atoms with van der Waals surface area (Å²) in [6.07, 6.45) is 0. The zero-order valence-corrected chi connectivity index (χ0v) is 16.2. The van der Waals surface area contributed by atoms with Crippen molar-refractivity contribution in [3.8, 4) is 0 Å². The molecule has 0 saturated heterocycles. The number of carbonyl (C=O) groups is 1. The summed E-state index contributed by atoms with van der Waals surface area (Å²) in [5.41, 5.74) is 1.82. The van der Waals surface area contributed by atoms with Crippen LogP contribution in [-0.2, 0) is 14.8 Å². The Kier molecular flexibility index (Phi) is 5.96. The highest BCUT2D eigenvalue weighted by Crippen LogP contribution is 2.23. The van der Waals surface area contributed by atoms with Crippen LogP contribution in [0.2, 0.25) is 0 Å². The molecule has 0 unspecified atom stereocenters. The van der Waals surface area contributed by atoms with Crippen LogP contribution < -0.4 is 14.9 Å². The van der Waals surface area contributed by atoms with E-state index in [0.29, 0.717) is 17.1 Å². The van der Waals surface area contributed by atoms with Gasteiger partial charge in [0.15, 0.2) is 0 Å². The lowest BCUT2D eigenvalue weighted by atomic mass is 10.3. The molecule has 0 radical (unpaired) electrons. The van der Waals surface area contributed by atoms with Crippen LogP contribution >= 0.6 is 0 Å². The van der Waals surface area contributed by atoms with Gasteiger partial charge in [-0.05, 0) is 42.5 Å². The second kappa shape index (κ2) is 8.58. The molecule has 0 saturated carbocycles. The average Bonchev–Trinajstić information content (AvgIpc) is 2.73. The van der Waals surface area contributed by atoms with Gasteiger partial charge in [-0.25, -0.2) is 8.42 Å². The summed E-state index contributed by atoms with van der Waals surface area (Å²) in [6.45, 7) is 0.0208. The first-order chi connectivity index (χ1) is 13.5. The number of rotatable bonds is 7. The maximum atomic E-state index is 12.9. The van der Waals surface area contributed by atoms with Crippen molar-refractivity contribution in [2.75, 3.05) is 28.5 Å². The van der Waals surface area contributed by atoms with E-state index in [1.807, 2.05) is 24.3 Å². The number of hydrogen-bond acceptors (Lipinski definition) is 4. The molecule has 1 amide bonds. The first-order valence-electron chi connectivity index (χ1n) is 8.69. The van der Waals surface area contributed by atoms with E-state index >= 15 is 0 Å². The summed E-state index contributed by atoms with van der Waals surface area (Å²) < 4.78 is 27.0. The number of nitrogens with one attached hydrogen (secondary N) is 2. The number of benzene rings is 3. The van der Waals surface area contributed by atoms with E-state index in [9.17, 15) is 13.2 Å². The second-order valence-corrected chi connectivity index (χ2v) is 8.07. The molecule has 28 heavy (non-hydrogen) atoms. The molecule has 3 aromatic rings. The molecule has 3 rings (SSSR count). The molecule has 0 bridgehead atoms. The highest BCUT2D eigenvalue weighted by Gasteiger charge is 2.21. The van der Waals surface area contributed by atoms with Crippen molar-refractivity contribution in [2.45, 2.75) is 4.90 Å². The molecule has 0 aliphatic carbocycles. The number of amides is 1. The topological polar surface area (TPSA) is 78.5 Å². The molecule has 3 aromatic carbocycles. The summed E-state index contributed by atoms with van der Waals surface area (Å²) in [5, 5.41) is 5.73. The average molecular weight is 395 g/mol. The van der Waals surface area contributed by atoms with Gasteiger partial charge in [-0.15, -0.1) is 0 Å². The fourth-order valence-corrected chi connectivity index (χ4v) is 3.85. The lowest BCUT2D eigenvalue weighted by molar-refractivity contribution is -0.114. The molecule has 7 heteroatoms. The number of nitrogens with zero attached hydrogens (tertiary/aromatic N) is 1. The van der Waals surface area contributed by atoms with E-state index in [4.69, 9.17) is 0 Å². The summed E-state index contributed by atoms with van der Waals surface area (Å²) >= 11 is 0. The van der Waals surface area contributed by atoms with Crippen molar-refractivity contribution in [1.29, 1.82) is 0 Å². The van der Waals surface area contributed by atoms with Gasteiger partial charge in [0, 0.05) is 18.4 Å². The van der Waals surface area contributed by atoms with E-state index in [-0.39, 0.29) is 17.3 Å². The van der Waals surface area contributed by atoms with Crippen LogP contribution in [0, 0.1) is 0 Å². The molecule has 0 aromatic heterocycles. The Balaban J connectivity index is 1.69. The van der Waals surface area contributed by atoms with Crippen LogP contribution in [0.4, 0.5) is 17.1 Å². The maximum Gasteiger partial charge on any atom is 0.264 e. The van der Waals surface area contributed by atoms with Crippen LogP contribution in [0.15, 0.2) is 89.8 Å². The van der Waals surface area contributed by atoms with Gasteiger partial charge in [-0.1, -0.05) is 42.5 Å². The molecular formula is C21H21N3O3S. The monoisotopic (exact) mass is 395 g/mol. The molecule has 2 N–H and O–H groups in total. The number of para-hydroxylation sites is 2. The van der Waals surface area contributed by atoms with Gasteiger partial charge >= 0.3 is 0 Å². The number of carbonyl (C=O) groups excluding carboxylic acids is 1. The van der Waals surface area contributed by atoms with Crippen LogP contribution in [-0.4, -0.2) is 27.9 Å². The Morgan fingerprint density at radius 2 is 1.46 bits per heavy atom. The van der Waals surface area contributed by atoms with Crippen molar-refractivity contribution in [2.24, 2.45) is 0 Å². The third-order valence-electron chi connectivity index (χ3n) is 4.12. The molecular weight excluding hydrogens is 374 g/mol. The predicted octanol–water partition coefficient (Wildman–Crippen LogP) is 3.56. The van der Waals surface area contributed by atoms with Gasteiger partial charge < -0.3 is 10.6 Å². The predicted molar refractivity (Wildman–Crippen MR) is 112 cm³/mol. The Bertz CT molecular complexity index is 1040. The van der Waals surface area contributed by atoms with Crippen molar-refractivity contribution in [3.05, 3.63) is 84.9 Å². The molecule has 0 heterocycles. The smallest absolute Gasteiger partial charge is 0.264 e. The van der Waals surface area contributed by atoms with Gasteiger partial charge in [0.1, 0.15) is 0 Å². The number of sulfonamides is 1. The van der Waals surface area contributed by atoms with E-state index < -0.39 is 10.0 Å². The largest absolute Gasteiger partial charge is 0.376 e. The quantitative estimate of drug-likeness (QED) is 0.641. The zero-order chi connectivity index (χ0) is 20.0. The normalized spacial score (nSPS) is 10.9. The van der Waals surface area contributed by atoms with Crippen LogP contribution in [0.25, 0.3) is 0 Å². The van der Waals surface area contributed by atoms with Gasteiger partial charge in [-0.2, -0.15) is 0 Å². The van der Waals surface area contributed by atoms with Crippen molar-refractivity contribution in [3.63, 3.8) is 0 Å². The molecule has 144 valence electrons. The number of hydrogen-bond donors (Lipinski definition) is 2. The van der Waals surface area contributed by atoms with Crippen molar-refractivity contribution < 1.29 is 13.2 Å². The summed E-state index contributed by atoms with van der Waals surface area (Å²) in [5.74, 6) is -0.221. The van der Waals surface area contributed by atoms with Gasteiger partial charge in [0.2, 0.25) is 5.91 Å². The Morgan fingerprint density at radius 1 is 0.857 bits per heavy atom. The van der Waals surface area contributed by atoms with Gasteiger partial charge in [-0.3, -0.25) is 9.10 Å². The van der Waals surface area contributed by atoms with Crippen LogP contribution in [0.5, 0.6) is 0 Å². The van der Waals surface area contributed by atoms with E-state index in [1.165, 1.54) is 23.5 Å². The fraction of sp³-hybridized carbons (Fsp3) is 0.0952.